The summed E-state index contributed by atoms with van der Waals surface area (Å²) in [5.74, 6) is 1.44. The molecule has 2 heterocycles. The zero-order valence-electron chi connectivity index (χ0n) is 17.9. The van der Waals surface area contributed by atoms with E-state index in [0.717, 1.165) is 22.5 Å². The monoisotopic (exact) mass is 413 g/mol. The molecule has 0 saturated heterocycles. The fourth-order valence-electron chi connectivity index (χ4n) is 3.06. The normalized spacial score (nSPS) is 10.7. The second-order valence-corrected chi connectivity index (χ2v) is 7.38. The van der Waals surface area contributed by atoms with Crippen molar-refractivity contribution in [2.75, 3.05) is 5.32 Å². The van der Waals surface area contributed by atoms with Crippen LogP contribution in [0.2, 0.25) is 0 Å². The smallest absolute Gasteiger partial charge is 0.255 e. The summed E-state index contributed by atoms with van der Waals surface area (Å²) < 4.78 is 7.54. The van der Waals surface area contributed by atoms with E-state index in [4.69, 9.17) is 4.74 Å². The van der Waals surface area contributed by atoms with Crippen LogP contribution in [-0.4, -0.2) is 25.9 Å². The number of nitrogens with zero attached hydrogens (tertiary/aromatic N) is 4. The molecule has 7 heteroatoms. The van der Waals surface area contributed by atoms with E-state index in [2.05, 4.69) is 20.6 Å². The Kier molecular flexibility index (Phi) is 5.49. The van der Waals surface area contributed by atoms with E-state index in [1.165, 1.54) is 0 Å². The zero-order chi connectivity index (χ0) is 22.0. The Labute approximate surface area is 180 Å². The number of amides is 1. The number of carbonyl (C=O) groups is 1. The molecule has 156 valence electrons. The minimum Gasteiger partial charge on any atom is -0.438 e. The number of hydrogen-bond acceptors (Lipinski definition) is 5. The van der Waals surface area contributed by atoms with Gasteiger partial charge in [-0.25, -0.2) is 4.68 Å². The van der Waals surface area contributed by atoms with E-state index < -0.39 is 0 Å². The third kappa shape index (κ3) is 4.45. The van der Waals surface area contributed by atoms with Gasteiger partial charge in [-0.2, -0.15) is 5.10 Å². The Morgan fingerprint density at radius 2 is 1.58 bits per heavy atom. The first-order valence-corrected chi connectivity index (χ1v) is 9.93. The Morgan fingerprint density at radius 3 is 2.16 bits per heavy atom. The summed E-state index contributed by atoms with van der Waals surface area (Å²) in [6.07, 6.45) is 0. The van der Waals surface area contributed by atoms with Crippen LogP contribution in [0.5, 0.6) is 11.6 Å². The maximum Gasteiger partial charge on any atom is 0.255 e. The van der Waals surface area contributed by atoms with Crippen molar-refractivity contribution in [3.05, 3.63) is 88.7 Å². The summed E-state index contributed by atoms with van der Waals surface area (Å²) >= 11 is 0. The lowest BCUT2D eigenvalue weighted by Gasteiger charge is -2.08. The second-order valence-electron chi connectivity index (χ2n) is 7.38. The predicted octanol–water partition coefficient (Wildman–Crippen LogP) is 4.94. The van der Waals surface area contributed by atoms with Crippen molar-refractivity contribution in [3.63, 3.8) is 0 Å². The van der Waals surface area contributed by atoms with Crippen LogP contribution in [-0.2, 0) is 0 Å². The maximum absolute atomic E-state index is 12.3. The SMILES string of the molecule is Cc1ccc(C(=O)Nc2ccc(Oc3ccc(-n4nc(C)c(C)c4C)nn3)cc2)cc1. The summed E-state index contributed by atoms with van der Waals surface area (Å²) in [5.41, 5.74) is 5.53. The molecule has 2 aromatic heterocycles. The number of aromatic nitrogens is 4. The first-order valence-electron chi connectivity index (χ1n) is 9.93. The van der Waals surface area contributed by atoms with Crippen molar-refractivity contribution in [1.29, 1.82) is 0 Å². The van der Waals surface area contributed by atoms with E-state index in [9.17, 15) is 4.79 Å². The van der Waals surface area contributed by atoms with Crippen molar-refractivity contribution in [1.82, 2.24) is 20.0 Å². The van der Waals surface area contributed by atoms with Crippen LogP contribution in [0.25, 0.3) is 5.82 Å². The predicted molar refractivity (Wildman–Crippen MR) is 119 cm³/mol. The van der Waals surface area contributed by atoms with Gasteiger partial charge in [-0.3, -0.25) is 4.79 Å². The molecule has 0 unspecified atom stereocenters. The topological polar surface area (TPSA) is 81.9 Å². The van der Waals surface area contributed by atoms with Gasteiger partial charge in [0.25, 0.3) is 5.91 Å². The lowest BCUT2D eigenvalue weighted by atomic mass is 10.1. The van der Waals surface area contributed by atoms with Gasteiger partial charge in [0.05, 0.1) is 5.69 Å². The van der Waals surface area contributed by atoms with Gasteiger partial charge in [0.15, 0.2) is 5.82 Å². The van der Waals surface area contributed by atoms with Gasteiger partial charge < -0.3 is 10.1 Å². The van der Waals surface area contributed by atoms with Crippen molar-refractivity contribution < 1.29 is 9.53 Å². The summed E-state index contributed by atoms with van der Waals surface area (Å²) in [7, 11) is 0. The van der Waals surface area contributed by atoms with Crippen LogP contribution in [0.3, 0.4) is 0 Å². The van der Waals surface area contributed by atoms with Crippen molar-refractivity contribution in [2.45, 2.75) is 27.7 Å². The number of ether oxygens (including phenoxy) is 1. The van der Waals surface area contributed by atoms with E-state index in [-0.39, 0.29) is 5.91 Å². The molecule has 31 heavy (non-hydrogen) atoms. The minimum absolute atomic E-state index is 0.158. The number of anilines is 1. The molecule has 2 aromatic carbocycles. The molecule has 1 amide bonds. The summed E-state index contributed by atoms with van der Waals surface area (Å²) in [4.78, 5) is 12.3. The van der Waals surface area contributed by atoms with Crippen LogP contribution in [0.1, 0.15) is 32.9 Å². The number of aryl methyl sites for hydroxylation is 2. The van der Waals surface area contributed by atoms with Crippen molar-refractivity contribution in [2.24, 2.45) is 0 Å². The Bertz CT molecular complexity index is 1210. The van der Waals surface area contributed by atoms with Crippen LogP contribution < -0.4 is 10.1 Å². The van der Waals surface area contributed by atoms with E-state index in [0.29, 0.717) is 28.7 Å². The highest BCUT2D eigenvalue weighted by molar-refractivity contribution is 6.04. The molecule has 0 aliphatic carbocycles. The number of rotatable bonds is 5. The van der Waals surface area contributed by atoms with Crippen molar-refractivity contribution >= 4 is 11.6 Å². The highest BCUT2D eigenvalue weighted by Gasteiger charge is 2.11. The molecule has 0 aliphatic heterocycles. The molecule has 0 bridgehead atoms. The van der Waals surface area contributed by atoms with Gasteiger partial charge in [-0.1, -0.05) is 17.7 Å². The minimum atomic E-state index is -0.158. The van der Waals surface area contributed by atoms with Crippen LogP contribution in [0.15, 0.2) is 60.7 Å². The molecule has 0 atom stereocenters. The summed E-state index contributed by atoms with van der Waals surface area (Å²) in [6.45, 7) is 7.99. The molecule has 4 aromatic rings. The first kappa shape index (κ1) is 20.3. The maximum atomic E-state index is 12.3. The molecular weight excluding hydrogens is 390 g/mol. The molecule has 1 N–H and O–H groups in total. The number of carbonyl (C=O) groups excluding carboxylic acids is 1. The van der Waals surface area contributed by atoms with Gasteiger partial charge in [0.1, 0.15) is 5.75 Å². The third-order valence-corrected chi connectivity index (χ3v) is 5.14. The van der Waals surface area contributed by atoms with Crippen molar-refractivity contribution in [3.8, 4) is 17.4 Å². The first-order chi connectivity index (χ1) is 14.9. The van der Waals surface area contributed by atoms with Gasteiger partial charge in [0.2, 0.25) is 5.88 Å². The number of hydrogen-bond donors (Lipinski definition) is 1. The Morgan fingerprint density at radius 1 is 0.871 bits per heavy atom. The van der Waals surface area contributed by atoms with Gasteiger partial charge >= 0.3 is 0 Å². The molecule has 0 fully saturated rings. The van der Waals surface area contributed by atoms with E-state index in [1.54, 1.807) is 47.1 Å². The quantitative estimate of drug-likeness (QED) is 0.501. The fourth-order valence-corrected chi connectivity index (χ4v) is 3.06. The lowest BCUT2D eigenvalue weighted by molar-refractivity contribution is 0.102. The largest absolute Gasteiger partial charge is 0.438 e. The van der Waals surface area contributed by atoms with Crippen LogP contribution in [0, 0.1) is 27.7 Å². The van der Waals surface area contributed by atoms with Crippen LogP contribution in [0.4, 0.5) is 5.69 Å². The molecule has 7 nitrogen and oxygen atoms in total. The van der Waals surface area contributed by atoms with E-state index >= 15 is 0 Å². The fraction of sp³-hybridized carbons (Fsp3) is 0.167. The van der Waals surface area contributed by atoms with Gasteiger partial charge in [-0.15, -0.1) is 10.2 Å². The van der Waals surface area contributed by atoms with Gasteiger partial charge in [0, 0.05) is 23.0 Å². The third-order valence-electron chi connectivity index (χ3n) is 5.14. The molecule has 4 rings (SSSR count). The molecule has 0 spiro atoms. The molecule has 0 radical (unpaired) electrons. The molecule has 0 saturated carbocycles. The average Bonchev–Trinajstić information content (AvgIpc) is 3.03. The highest BCUT2D eigenvalue weighted by Crippen LogP contribution is 2.22. The lowest BCUT2D eigenvalue weighted by Crippen LogP contribution is -2.11. The number of nitrogens with one attached hydrogen (secondary N) is 1. The molecule has 0 aliphatic rings. The summed E-state index contributed by atoms with van der Waals surface area (Å²) in [6, 6.07) is 18.1. The Balaban J connectivity index is 1.41. The highest BCUT2D eigenvalue weighted by atomic mass is 16.5. The van der Waals surface area contributed by atoms with Gasteiger partial charge in [-0.05, 0) is 75.7 Å². The molecular formula is C24H23N5O2. The zero-order valence-corrected chi connectivity index (χ0v) is 17.9. The van der Waals surface area contributed by atoms with Crippen LogP contribution >= 0.6 is 0 Å². The second kappa shape index (κ2) is 8.39. The Hall–Kier alpha value is -4.00. The van der Waals surface area contributed by atoms with E-state index in [1.807, 2.05) is 45.9 Å². The number of benzene rings is 2. The summed E-state index contributed by atoms with van der Waals surface area (Å²) in [5, 5.41) is 15.7. The standard InChI is InChI=1S/C24H23N5O2/c1-15-5-7-19(8-6-15)24(30)25-20-9-11-21(12-10-20)31-23-14-13-22(26-27-23)29-18(4)16(2)17(3)28-29/h5-14H,1-4H3,(H,25,30). The average molecular weight is 413 g/mol.